The van der Waals surface area contributed by atoms with Crippen molar-refractivity contribution in [2.75, 3.05) is 44.6 Å². The molecule has 0 saturated carbocycles. The molecule has 35 heavy (non-hydrogen) atoms. The molecule has 2 heterocycles. The van der Waals surface area contributed by atoms with Gasteiger partial charge < -0.3 is 15.1 Å². The molecule has 1 N–H and O–H groups in total. The molecular formula is C26H34N4O4S. The molecule has 0 spiro atoms. The van der Waals surface area contributed by atoms with Gasteiger partial charge in [-0.15, -0.1) is 0 Å². The third-order valence-electron chi connectivity index (χ3n) is 6.79. The molecule has 4 rings (SSSR count). The highest BCUT2D eigenvalue weighted by Crippen LogP contribution is 2.23. The molecule has 8 nitrogen and oxygen atoms in total. The van der Waals surface area contributed by atoms with Crippen LogP contribution in [0.1, 0.15) is 30.4 Å². The number of aryl methyl sites for hydroxylation is 2. The average molecular weight is 499 g/mol. The van der Waals surface area contributed by atoms with E-state index >= 15 is 0 Å². The molecule has 2 aliphatic heterocycles. The van der Waals surface area contributed by atoms with E-state index < -0.39 is 10.0 Å². The predicted octanol–water partition coefficient (Wildman–Crippen LogP) is 2.63. The molecule has 1 unspecified atom stereocenters. The summed E-state index contributed by atoms with van der Waals surface area (Å²) in [7, 11) is -3.60. The third kappa shape index (κ3) is 6.02. The first-order chi connectivity index (χ1) is 16.7. The quantitative estimate of drug-likeness (QED) is 0.634. The van der Waals surface area contributed by atoms with Gasteiger partial charge in [-0.25, -0.2) is 8.42 Å². The van der Waals surface area contributed by atoms with Gasteiger partial charge >= 0.3 is 0 Å². The van der Waals surface area contributed by atoms with E-state index in [9.17, 15) is 18.0 Å². The van der Waals surface area contributed by atoms with Gasteiger partial charge in [0.2, 0.25) is 21.8 Å². The molecule has 2 aromatic rings. The van der Waals surface area contributed by atoms with Crippen molar-refractivity contribution in [2.45, 2.75) is 44.0 Å². The molecule has 2 fully saturated rings. The maximum atomic E-state index is 13.1. The van der Waals surface area contributed by atoms with Crippen LogP contribution in [-0.4, -0.2) is 79.6 Å². The fourth-order valence-corrected chi connectivity index (χ4v) is 6.44. The monoisotopic (exact) mass is 498 g/mol. The molecule has 2 aromatic carbocycles. The number of para-hydroxylation sites is 1. The maximum Gasteiger partial charge on any atom is 0.243 e. The minimum atomic E-state index is -3.60. The second kappa shape index (κ2) is 10.8. The van der Waals surface area contributed by atoms with Gasteiger partial charge in [-0.1, -0.05) is 30.3 Å². The van der Waals surface area contributed by atoms with E-state index in [2.05, 4.69) is 5.32 Å². The molecular weight excluding hydrogens is 464 g/mol. The number of amides is 2. The standard InChI is InChI=1S/C26H34N4O4S/c1-20-8-9-21(2)24(18-20)35(33,34)30-16-14-28(15-17-30)25(31)10-11-26(32)29-13-12-23(19-29)27-22-6-4-3-5-7-22/h3-9,18,23,27H,10-17,19H2,1-2H3. The molecule has 2 aliphatic rings. The fraction of sp³-hybridized carbons (Fsp3) is 0.462. The van der Waals surface area contributed by atoms with Crippen molar-refractivity contribution >= 4 is 27.5 Å². The Bertz CT molecular complexity index is 1160. The van der Waals surface area contributed by atoms with Crippen LogP contribution < -0.4 is 5.32 Å². The Morgan fingerprint density at radius 1 is 0.886 bits per heavy atom. The van der Waals surface area contributed by atoms with E-state index in [0.717, 1.165) is 23.2 Å². The fourth-order valence-electron chi connectivity index (χ4n) is 4.71. The van der Waals surface area contributed by atoms with Crippen LogP contribution in [0.4, 0.5) is 5.69 Å². The van der Waals surface area contributed by atoms with Gasteiger partial charge in [0.25, 0.3) is 0 Å². The number of rotatable bonds is 7. The van der Waals surface area contributed by atoms with Crippen LogP contribution in [0.25, 0.3) is 0 Å². The zero-order valence-electron chi connectivity index (χ0n) is 20.4. The Hall–Kier alpha value is -2.91. The highest BCUT2D eigenvalue weighted by atomic mass is 32.2. The van der Waals surface area contributed by atoms with E-state index in [1.165, 1.54) is 4.31 Å². The first kappa shape index (κ1) is 25.2. The van der Waals surface area contributed by atoms with Crippen LogP contribution >= 0.6 is 0 Å². The smallest absolute Gasteiger partial charge is 0.243 e. The predicted molar refractivity (Wildman–Crippen MR) is 136 cm³/mol. The summed E-state index contributed by atoms with van der Waals surface area (Å²) in [6.45, 7) is 6.18. The first-order valence-corrected chi connectivity index (χ1v) is 13.6. The molecule has 2 amide bonds. The topological polar surface area (TPSA) is 90.0 Å². The number of carbonyl (C=O) groups is 2. The van der Waals surface area contributed by atoms with Crippen LogP contribution in [-0.2, 0) is 19.6 Å². The number of carbonyl (C=O) groups excluding carboxylic acids is 2. The van der Waals surface area contributed by atoms with Crippen LogP contribution in [0.15, 0.2) is 53.4 Å². The van der Waals surface area contributed by atoms with Gasteiger partial charge in [0.05, 0.1) is 4.90 Å². The second-order valence-corrected chi connectivity index (χ2v) is 11.3. The number of sulfonamides is 1. The van der Waals surface area contributed by atoms with Crippen molar-refractivity contribution in [3.05, 3.63) is 59.7 Å². The highest BCUT2D eigenvalue weighted by Gasteiger charge is 2.32. The van der Waals surface area contributed by atoms with Crippen molar-refractivity contribution in [3.63, 3.8) is 0 Å². The summed E-state index contributed by atoms with van der Waals surface area (Å²) in [4.78, 5) is 29.2. The van der Waals surface area contributed by atoms with Crippen molar-refractivity contribution in [3.8, 4) is 0 Å². The molecule has 9 heteroatoms. The number of hydrogen-bond donors (Lipinski definition) is 1. The largest absolute Gasteiger partial charge is 0.380 e. The van der Waals surface area contributed by atoms with E-state index in [1.807, 2.05) is 54.3 Å². The van der Waals surface area contributed by atoms with Gasteiger partial charge in [0.1, 0.15) is 0 Å². The van der Waals surface area contributed by atoms with Crippen LogP contribution in [0, 0.1) is 13.8 Å². The number of benzene rings is 2. The minimum Gasteiger partial charge on any atom is -0.380 e. The van der Waals surface area contributed by atoms with Gasteiger partial charge in [-0.05, 0) is 49.6 Å². The van der Waals surface area contributed by atoms with Crippen molar-refractivity contribution in [2.24, 2.45) is 0 Å². The molecule has 0 aromatic heterocycles. The Labute approximate surface area is 207 Å². The number of likely N-dealkylation sites (tertiary alicyclic amines) is 1. The van der Waals surface area contributed by atoms with Crippen molar-refractivity contribution < 1.29 is 18.0 Å². The molecule has 0 aliphatic carbocycles. The lowest BCUT2D eigenvalue weighted by atomic mass is 10.2. The lowest BCUT2D eigenvalue weighted by Gasteiger charge is -2.34. The Balaban J connectivity index is 1.23. The van der Waals surface area contributed by atoms with Gasteiger partial charge in [0, 0.05) is 63.8 Å². The molecule has 1 atom stereocenters. The van der Waals surface area contributed by atoms with E-state index in [0.29, 0.717) is 31.1 Å². The highest BCUT2D eigenvalue weighted by molar-refractivity contribution is 7.89. The lowest BCUT2D eigenvalue weighted by Crippen LogP contribution is -2.50. The molecule has 0 bridgehead atoms. The number of hydrogen-bond acceptors (Lipinski definition) is 5. The van der Waals surface area contributed by atoms with Crippen molar-refractivity contribution in [1.82, 2.24) is 14.1 Å². The zero-order chi connectivity index (χ0) is 25.0. The Morgan fingerprint density at radius 2 is 1.54 bits per heavy atom. The van der Waals surface area contributed by atoms with E-state index in [4.69, 9.17) is 0 Å². The minimum absolute atomic E-state index is 0.00755. The summed E-state index contributed by atoms with van der Waals surface area (Å²) >= 11 is 0. The summed E-state index contributed by atoms with van der Waals surface area (Å²) in [6, 6.07) is 15.6. The summed E-state index contributed by atoms with van der Waals surface area (Å²) in [5.41, 5.74) is 2.66. The van der Waals surface area contributed by atoms with Gasteiger partial charge in [-0.3, -0.25) is 9.59 Å². The molecule has 0 radical (unpaired) electrons. The Morgan fingerprint density at radius 3 is 2.23 bits per heavy atom. The van der Waals surface area contributed by atoms with Gasteiger partial charge in [-0.2, -0.15) is 4.31 Å². The van der Waals surface area contributed by atoms with E-state index in [-0.39, 0.29) is 43.8 Å². The van der Waals surface area contributed by atoms with Gasteiger partial charge in [0.15, 0.2) is 0 Å². The molecule has 2 saturated heterocycles. The summed E-state index contributed by atoms with van der Waals surface area (Å²) in [6.07, 6.45) is 1.21. The zero-order valence-corrected chi connectivity index (χ0v) is 21.3. The molecule has 188 valence electrons. The van der Waals surface area contributed by atoms with Crippen molar-refractivity contribution in [1.29, 1.82) is 0 Å². The number of nitrogens with one attached hydrogen (secondary N) is 1. The van der Waals surface area contributed by atoms with E-state index in [1.54, 1.807) is 17.9 Å². The van der Waals surface area contributed by atoms with Crippen LogP contribution in [0.5, 0.6) is 0 Å². The number of piperazine rings is 1. The van der Waals surface area contributed by atoms with Crippen LogP contribution in [0.2, 0.25) is 0 Å². The first-order valence-electron chi connectivity index (χ1n) is 12.2. The summed E-state index contributed by atoms with van der Waals surface area (Å²) in [5.74, 6) is -0.105. The Kier molecular flexibility index (Phi) is 7.76. The maximum absolute atomic E-state index is 13.1. The number of nitrogens with zero attached hydrogens (tertiary/aromatic N) is 3. The third-order valence-corrected chi connectivity index (χ3v) is 8.83. The lowest BCUT2D eigenvalue weighted by molar-refractivity contribution is -0.137. The summed E-state index contributed by atoms with van der Waals surface area (Å²) in [5, 5.41) is 3.45. The summed E-state index contributed by atoms with van der Waals surface area (Å²) < 4.78 is 27.7. The SMILES string of the molecule is Cc1ccc(C)c(S(=O)(=O)N2CCN(C(=O)CCC(=O)N3CCC(Nc4ccccc4)C3)CC2)c1. The normalized spacial score (nSPS) is 19.1. The average Bonchev–Trinajstić information content (AvgIpc) is 3.33. The van der Waals surface area contributed by atoms with Crippen LogP contribution in [0.3, 0.4) is 0 Å². The number of anilines is 1. The second-order valence-electron chi connectivity index (χ2n) is 9.39.